The zero-order chi connectivity index (χ0) is 13.8. The summed E-state index contributed by atoms with van der Waals surface area (Å²) in [5.41, 5.74) is 5.53. The number of nitrogens with two attached hydrogens (primary N) is 1. The van der Waals surface area contributed by atoms with Gasteiger partial charge in [0.25, 0.3) is 11.8 Å². The molecule has 1 aromatic carbocycles. The van der Waals surface area contributed by atoms with Crippen molar-refractivity contribution in [2.75, 3.05) is 5.32 Å². The third kappa shape index (κ3) is 2.92. The fourth-order valence-electron chi connectivity index (χ4n) is 1.53. The molecular weight excluding hydrogens is 249 g/mol. The maximum Gasteiger partial charge on any atom is 0.274 e. The number of pyridine rings is 1. The molecule has 0 fully saturated rings. The molecule has 3 N–H and O–H groups in total. The van der Waals surface area contributed by atoms with Gasteiger partial charge in [-0.3, -0.25) is 9.59 Å². The van der Waals surface area contributed by atoms with E-state index in [9.17, 15) is 14.0 Å². The molecule has 96 valence electrons. The number of hydrogen-bond donors (Lipinski definition) is 2. The van der Waals surface area contributed by atoms with Gasteiger partial charge in [-0.1, -0.05) is 18.2 Å². The summed E-state index contributed by atoms with van der Waals surface area (Å²) >= 11 is 0. The van der Waals surface area contributed by atoms with Crippen molar-refractivity contribution < 1.29 is 14.0 Å². The fourth-order valence-corrected chi connectivity index (χ4v) is 1.53. The summed E-state index contributed by atoms with van der Waals surface area (Å²) < 4.78 is 12.9. The molecular formula is C13H10FN3O2. The highest BCUT2D eigenvalue weighted by Crippen LogP contribution is 2.15. The average molecular weight is 259 g/mol. The van der Waals surface area contributed by atoms with Gasteiger partial charge in [0.05, 0.1) is 11.3 Å². The largest absolute Gasteiger partial charge is 0.366 e. The van der Waals surface area contributed by atoms with E-state index in [1.54, 1.807) is 12.1 Å². The first kappa shape index (κ1) is 12.7. The van der Waals surface area contributed by atoms with Crippen molar-refractivity contribution in [1.82, 2.24) is 4.98 Å². The number of nitrogens with one attached hydrogen (secondary N) is 1. The minimum Gasteiger partial charge on any atom is -0.366 e. The first-order chi connectivity index (χ1) is 9.08. The van der Waals surface area contributed by atoms with E-state index < -0.39 is 17.8 Å². The summed E-state index contributed by atoms with van der Waals surface area (Å²) in [4.78, 5) is 26.5. The predicted molar refractivity (Wildman–Crippen MR) is 67.1 cm³/mol. The van der Waals surface area contributed by atoms with Gasteiger partial charge in [0, 0.05) is 0 Å². The van der Waals surface area contributed by atoms with E-state index in [4.69, 9.17) is 5.73 Å². The number of benzene rings is 1. The lowest BCUT2D eigenvalue weighted by Crippen LogP contribution is -2.19. The Labute approximate surface area is 108 Å². The maximum absolute atomic E-state index is 12.9. The SMILES string of the molecule is NC(=O)c1ccccc1NC(=O)c1cccc(F)n1. The summed E-state index contributed by atoms with van der Waals surface area (Å²) in [6.45, 7) is 0. The Morgan fingerprint density at radius 3 is 2.53 bits per heavy atom. The van der Waals surface area contributed by atoms with E-state index in [2.05, 4.69) is 10.3 Å². The maximum atomic E-state index is 12.9. The summed E-state index contributed by atoms with van der Waals surface area (Å²) in [6, 6.07) is 10.1. The Morgan fingerprint density at radius 1 is 1.11 bits per heavy atom. The summed E-state index contributed by atoms with van der Waals surface area (Å²) in [6.07, 6.45) is 0. The van der Waals surface area contributed by atoms with Crippen LogP contribution >= 0.6 is 0 Å². The number of anilines is 1. The molecule has 0 saturated carbocycles. The summed E-state index contributed by atoms with van der Waals surface area (Å²) in [5.74, 6) is -2.04. The van der Waals surface area contributed by atoms with Crippen molar-refractivity contribution in [1.29, 1.82) is 0 Å². The molecule has 5 nitrogen and oxygen atoms in total. The van der Waals surface area contributed by atoms with E-state index in [-0.39, 0.29) is 16.9 Å². The van der Waals surface area contributed by atoms with Crippen LogP contribution in [0.2, 0.25) is 0 Å². The number of hydrogen-bond acceptors (Lipinski definition) is 3. The fraction of sp³-hybridized carbons (Fsp3) is 0. The molecule has 2 amide bonds. The van der Waals surface area contributed by atoms with E-state index in [0.29, 0.717) is 0 Å². The Morgan fingerprint density at radius 2 is 1.84 bits per heavy atom. The number of para-hydroxylation sites is 1. The van der Waals surface area contributed by atoms with Crippen molar-refractivity contribution in [3.05, 3.63) is 59.7 Å². The van der Waals surface area contributed by atoms with Gasteiger partial charge < -0.3 is 11.1 Å². The van der Waals surface area contributed by atoms with Crippen molar-refractivity contribution in [2.24, 2.45) is 5.73 Å². The smallest absolute Gasteiger partial charge is 0.274 e. The molecule has 0 spiro atoms. The number of aromatic nitrogens is 1. The van der Waals surface area contributed by atoms with Gasteiger partial charge in [0.15, 0.2) is 0 Å². The van der Waals surface area contributed by atoms with Crippen LogP contribution in [0.4, 0.5) is 10.1 Å². The molecule has 0 aliphatic heterocycles. The van der Waals surface area contributed by atoms with Crippen LogP contribution in [0.5, 0.6) is 0 Å². The Hall–Kier alpha value is -2.76. The molecule has 2 rings (SSSR count). The molecule has 0 atom stereocenters. The highest BCUT2D eigenvalue weighted by Gasteiger charge is 2.12. The zero-order valence-electron chi connectivity index (χ0n) is 9.76. The highest BCUT2D eigenvalue weighted by molar-refractivity contribution is 6.07. The molecule has 0 aliphatic carbocycles. The quantitative estimate of drug-likeness (QED) is 0.820. The van der Waals surface area contributed by atoms with Crippen molar-refractivity contribution in [3.8, 4) is 0 Å². The van der Waals surface area contributed by atoms with Crippen molar-refractivity contribution in [2.45, 2.75) is 0 Å². The number of carbonyl (C=O) groups is 2. The van der Waals surface area contributed by atoms with Crippen LogP contribution in [-0.2, 0) is 0 Å². The second-order valence-electron chi connectivity index (χ2n) is 3.71. The average Bonchev–Trinajstić information content (AvgIpc) is 2.39. The highest BCUT2D eigenvalue weighted by atomic mass is 19.1. The number of carbonyl (C=O) groups excluding carboxylic acids is 2. The Kier molecular flexibility index (Phi) is 3.51. The molecule has 0 bridgehead atoms. The first-order valence-corrected chi connectivity index (χ1v) is 5.40. The minimum absolute atomic E-state index is 0.0840. The van der Waals surface area contributed by atoms with E-state index >= 15 is 0 Å². The molecule has 0 aliphatic rings. The van der Waals surface area contributed by atoms with E-state index in [1.807, 2.05) is 0 Å². The van der Waals surface area contributed by atoms with Gasteiger partial charge in [0.1, 0.15) is 5.69 Å². The number of nitrogens with zero attached hydrogens (tertiary/aromatic N) is 1. The monoisotopic (exact) mass is 259 g/mol. The molecule has 1 aromatic heterocycles. The Bertz CT molecular complexity index is 643. The normalized spacial score (nSPS) is 9.95. The molecule has 0 radical (unpaired) electrons. The molecule has 0 unspecified atom stereocenters. The van der Waals surface area contributed by atoms with Crippen LogP contribution in [0.25, 0.3) is 0 Å². The lowest BCUT2D eigenvalue weighted by atomic mass is 10.1. The van der Waals surface area contributed by atoms with Gasteiger partial charge in [-0.15, -0.1) is 0 Å². The van der Waals surface area contributed by atoms with Crippen LogP contribution in [0, 0.1) is 5.95 Å². The zero-order valence-corrected chi connectivity index (χ0v) is 9.76. The lowest BCUT2D eigenvalue weighted by molar-refractivity contribution is 0.100. The van der Waals surface area contributed by atoms with Gasteiger partial charge >= 0.3 is 0 Å². The van der Waals surface area contributed by atoms with Gasteiger partial charge in [-0.25, -0.2) is 4.98 Å². The first-order valence-electron chi connectivity index (χ1n) is 5.40. The van der Waals surface area contributed by atoms with Crippen LogP contribution in [0.3, 0.4) is 0 Å². The third-order valence-electron chi connectivity index (χ3n) is 2.39. The number of rotatable bonds is 3. The topological polar surface area (TPSA) is 85.1 Å². The van der Waals surface area contributed by atoms with Crippen molar-refractivity contribution in [3.63, 3.8) is 0 Å². The van der Waals surface area contributed by atoms with Crippen LogP contribution in [0.15, 0.2) is 42.5 Å². The molecule has 6 heteroatoms. The predicted octanol–water partition coefficient (Wildman–Crippen LogP) is 1.57. The van der Waals surface area contributed by atoms with Gasteiger partial charge in [-0.05, 0) is 24.3 Å². The van der Waals surface area contributed by atoms with Gasteiger partial charge in [-0.2, -0.15) is 4.39 Å². The summed E-state index contributed by atoms with van der Waals surface area (Å²) in [7, 11) is 0. The van der Waals surface area contributed by atoms with Crippen LogP contribution < -0.4 is 11.1 Å². The number of halogens is 1. The molecule has 2 aromatic rings. The Balaban J connectivity index is 2.27. The molecule has 0 saturated heterocycles. The van der Waals surface area contributed by atoms with E-state index in [1.165, 1.54) is 24.3 Å². The summed E-state index contributed by atoms with van der Waals surface area (Å²) in [5, 5.41) is 2.47. The van der Waals surface area contributed by atoms with Crippen molar-refractivity contribution >= 4 is 17.5 Å². The van der Waals surface area contributed by atoms with Gasteiger partial charge in [0.2, 0.25) is 5.95 Å². The van der Waals surface area contributed by atoms with Crippen LogP contribution in [0.1, 0.15) is 20.8 Å². The third-order valence-corrected chi connectivity index (χ3v) is 2.39. The van der Waals surface area contributed by atoms with E-state index in [0.717, 1.165) is 6.07 Å². The number of primary amides is 1. The second kappa shape index (κ2) is 5.26. The standard InChI is InChI=1S/C13H10FN3O2/c14-11-7-3-6-10(16-11)13(19)17-9-5-2-1-4-8(9)12(15)18/h1-7H,(H2,15,18)(H,17,19). The molecule has 19 heavy (non-hydrogen) atoms. The number of amides is 2. The lowest BCUT2D eigenvalue weighted by Gasteiger charge is -2.08. The molecule has 1 heterocycles. The minimum atomic E-state index is -0.754. The second-order valence-corrected chi connectivity index (χ2v) is 3.71. The van der Waals surface area contributed by atoms with Crippen LogP contribution in [-0.4, -0.2) is 16.8 Å².